The smallest absolute Gasteiger partial charge is 0.341 e. The molecular weight excluding hydrogens is 192 g/mol. The average molecular weight is 206 g/mol. The first-order chi connectivity index (χ1) is 7.20. The lowest BCUT2D eigenvalue weighted by atomic mass is 10.0. The molecule has 0 atom stereocenters. The summed E-state index contributed by atoms with van der Waals surface area (Å²) in [5.74, 6) is -0.397. The van der Waals surface area contributed by atoms with Crippen molar-refractivity contribution in [2.75, 3.05) is 14.2 Å². The number of aryl methyl sites for hydroxylation is 1. The van der Waals surface area contributed by atoms with E-state index < -0.39 is 5.97 Å². The molecule has 3 heteroatoms. The largest absolute Gasteiger partial charge is 0.503 e. The Labute approximate surface area is 89.3 Å². The van der Waals surface area contributed by atoms with E-state index in [0.717, 1.165) is 11.1 Å². The second-order valence-corrected chi connectivity index (χ2v) is 3.07. The molecule has 3 nitrogen and oxygen atoms in total. The number of carbonyl (C=O) groups is 1. The molecule has 0 aliphatic rings. The zero-order valence-corrected chi connectivity index (χ0v) is 9.11. The van der Waals surface area contributed by atoms with Crippen molar-refractivity contribution in [3.8, 4) is 0 Å². The van der Waals surface area contributed by atoms with Gasteiger partial charge in [-0.05, 0) is 18.1 Å². The number of rotatable bonds is 3. The summed E-state index contributed by atoms with van der Waals surface area (Å²) in [5.41, 5.74) is 2.26. The molecule has 0 saturated carbocycles. The fourth-order valence-electron chi connectivity index (χ4n) is 1.32. The maximum Gasteiger partial charge on any atom is 0.341 e. The van der Waals surface area contributed by atoms with Gasteiger partial charge in [-0.25, -0.2) is 4.79 Å². The minimum atomic E-state index is -0.397. The van der Waals surface area contributed by atoms with Crippen molar-refractivity contribution >= 4 is 11.5 Å². The first kappa shape index (κ1) is 11.3. The first-order valence-electron chi connectivity index (χ1n) is 4.58. The first-order valence-corrected chi connectivity index (χ1v) is 4.58. The van der Waals surface area contributed by atoms with Crippen molar-refractivity contribution in [3.63, 3.8) is 0 Å². The SMILES string of the molecule is CO/C=C(\C(=O)OC)c1ccccc1C. The lowest BCUT2D eigenvalue weighted by Gasteiger charge is -2.07. The maximum atomic E-state index is 11.5. The Balaban J connectivity index is 3.17. The minimum absolute atomic E-state index is 0.397. The molecule has 1 aromatic carbocycles. The monoisotopic (exact) mass is 206 g/mol. The van der Waals surface area contributed by atoms with E-state index in [1.54, 1.807) is 0 Å². The molecule has 0 spiro atoms. The Morgan fingerprint density at radius 1 is 1.27 bits per heavy atom. The Kier molecular flexibility index (Phi) is 3.92. The van der Waals surface area contributed by atoms with Crippen LogP contribution in [0, 0.1) is 6.92 Å². The zero-order valence-electron chi connectivity index (χ0n) is 9.11. The van der Waals surface area contributed by atoms with Crippen LogP contribution in [0.5, 0.6) is 0 Å². The van der Waals surface area contributed by atoms with E-state index in [9.17, 15) is 4.79 Å². The molecule has 1 rings (SSSR count). The highest BCUT2D eigenvalue weighted by molar-refractivity contribution is 6.16. The molecule has 1 aromatic rings. The predicted molar refractivity (Wildman–Crippen MR) is 58.2 cm³/mol. The van der Waals surface area contributed by atoms with Crippen molar-refractivity contribution in [1.82, 2.24) is 0 Å². The van der Waals surface area contributed by atoms with Gasteiger partial charge in [-0.2, -0.15) is 0 Å². The van der Waals surface area contributed by atoms with Gasteiger partial charge in [0.15, 0.2) is 0 Å². The van der Waals surface area contributed by atoms with Gasteiger partial charge in [0.2, 0.25) is 0 Å². The minimum Gasteiger partial charge on any atom is -0.503 e. The third-order valence-corrected chi connectivity index (χ3v) is 2.08. The van der Waals surface area contributed by atoms with Crippen LogP contribution in [0.2, 0.25) is 0 Å². The van der Waals surface area contributed by atoms with Gasteiger partial charge >= 0.3 is 5.97 Å². The summed E-state index contributed by atoms with van der Waals surface area (Å²) in [5, 5.41) is 0. The lowest BCUT2D eigenvalue weighted by Crippen LogP contribution is -2.05. The topological polar surface area (TPSA) is 35.5 Å². The van der Waals surface area contributed by atoms with Gasteiger partial charge < -0.3 is 9.47 Å². The molecule has 15 heavy (non-hydrogen) atoms. The van der Waals surface area contributed by atoms with Gasteiger partial charge in [0.1, 0.15) is 5.57 Å². The van der Waals surface area contributed by atoms with E-state index in [1.807, 2.05) is 31.2 Å². The fourth-order valence-corrected chi connectivity index (χ4v) is 1.32. The van der Waals surface area contributed by atoms with Crippen LogP contribution in [0.3, 0.4) is 0 Å². The van der Waals surface area contributed by atoms with Crippen LogP contribution in [0.4, 0.5) is 0 Å². The third kappa shape index (κ3) is 2.59. The van der Waals surface area contributed by atoms with E-state index in [-0.39, 0.29) is 0 Å². The normalized spacial score (nSPS) is 11.0. The molecule has 0 aliphatic heterocycles. The fraction of sp³-hybridized carbons (Fsp3) is 0.250. The highest BCUT2D eigenvalue weighted by Crippen LogP contribution is 2.19. The second-order valence-electron chi connectivity index (χ2n) is 3.07. The highest BCUT2D eigenvalue weighted by atomic mass is 16.5. The predicted octanol–water partition coefficient (Wildman–Crippen LogP) is 2.16. The summed E-state index contributed by atoms with van der Waals surface area (Å²) in [6.07, 6.45) is 1.40. The zero-order chi connectivity index (χ0) is 11.3. The van der Waals surface area contributed by atoms with E-state index in [1.165, 1.54) is 20.5 Å². The Hall–Kier alpha value is -1.77. The number of hydrogen-bond acceptors (Lipinski definition) is 3. The molecule has 0 bridgehead atoms. The van der Waals surface area contributed by atoms with Gasteiger partial charge in [-0.1, -0.05) is 24.3 Å². The molecule has 0 N–H and O–H groups in total. The van der Waals surface area contributed by atoms with Crippen LogP contribution >= 0.6 is 0 Å². The van der Waals surface area contributed by atoms with Crippen molar-refractivity contribution in [2.45, 2.75) is 6.92 Å². The quantitative estimate of drug-likeness (QED) is 0.432. The van der Waals surface area contributed by atoms with Crippen LogP contribution in [-0.4, -0.2) is 20.2 Å². The number of carbonyl (C=O) groups excluding carboxylic acids is 1. The van der Waals surface area contributed by atoms with Crippen LogP contribution in [0.25, 0.3) is 5.57 Å². The molecule has 0 radical (unpaired) electrons. The van der Waals surface area contributed by atoms with E-state index in [2.05, 4.69) is 4.74 Å². The van der Waals surface area contributed by atoms with Crippen molar-refractivity contribution in [1.29, 1.82) is 0 Å². The van der Waals surface area contributed by atoms with E-state index in [0.29, 0.717) is 5.57 Å². The van der Waals surface area contributed by atoms with Crippen LogP contribution in [0.1, 0.15) is 11.1 Å². The van der Waals surface area contributed by atoms with Gasteiger partial charge in [-0.15, -0.1) is 0 Å². The second kappa shape index (κ2) is 5.20. The average Bonchev–Trinajstić information content (AvgIpc) is 2.26. The molecule has 0 aliphatic carbocycles. The molecule has 0 amide bonds. The molecule has 80 valence electrons. The van der Waals surface area contributed by atoms with Crippen LogP contribution < -0.4 is 0 Å². The van der Waals surface area contributed by atoms with Crippen LogP contribution in [0.15, 0.2) is 30.5 Å². The summed E-state index contributed by atoms with van der Waals surface area (Å²) in [6, 6.07) is 7.58. The molecular formula is C12H14O3. The maximum absolute atomic E-state index is 11.5. The summed E-state index contributed by atoms with van der Waals surface area (Å²) in [7, 11) is 2.85. The number of hydrogen-bond donors (Lipinski definition) is 0. The summed E-state index contributed by atoms with van der Waals surface area (Å²) in [6.45, 7) is 1.93. The van der Waals surface area contributed by atoms with Crippen molar-refractivity contribution < 1.29 is 14.3 Å². The lowest BCUT2D eigenvalue weighted by molar-refractivity contribution is -0.133. The highest BCUT2D eigenvalue weighted by Gasteiger charge is 2.14. The number of esters is 1. The van der Waals surface area contributed by atoms with Crippen LogP contribution in [-0.2, 0) is 14.3 Å². The Morgan fingerprint density at radius 3 is 2.47 bits per heavy atom. The summed E-state index contributed by atoms with van der Waals surface area (Å²) < 4.78 is 9.56. The standard InChI is InChI=1S/C12H14O3/c1-9-6-4-5-7-10(9)11(8-14-2)12(13)15-3/h4-8H,1-3H3/b11-8-. The third-order valence-electron chi connectivity index (χ3n) is 2.08. The van der Waals surface area contributed by atoms with E-state index >= 15 is 0 Å². The molecule has 0 heterocycles. The Morgan fingerprint density at radius 2 is 1.93 bits per heavy atom. The van der Waals surface area contributed by atoms with Gasteiger partial charge in [0.25, 0.3) is 0 Å². The molecule has 0 unspecified atom stereocenters. The summed E-state index contributed by atoms with van der Waals surface area (Å²) >= 11 is 0. The van der Waals surface area contributed by atoms with Gasteiger partial charge in [0, 0.05) is 0 Å². The number of methoxy groups -OCH3 is 2. The van der Waals surface area contributed by atoms with Crippen molar-refractivity contribution in [3.05, 3.63) is 41.7 Å². The molecule has 0 saturated heterocycles. The number of benzene rings is 1. The van der Waals surface area contributed by atoms with E-state index in [4.69, 9.17) is 4.74 Å². The number of ether oxygens (including phenoxy) is 2. The van der Waals surface area contributed by atoms with Gasteiger partial charge in [0.05, 0.1) is 20.5 Å². The Bertz CT molecular complexity index is 380. The molecule has 0 fully saturated rings. The van der Waals surface area contributed by atoms with Crippen molar-refractivity contribution in [2.24, 2.45) is 0 Å². The van der Waals surface area contributed by atoms with Gasteiger partial charge in [-0.3, -0.25) is 0 Å². The molecule has 0 aromatic heterocycles. The summed E-state index contributed by atoms with van der Waals surface area (Å²) in [4.78, 5) is 11.5.